The molecule has 1 atom stereocenters. The van der Waals surface area contributed by atoms with Gasteiger partial charge in [-0.3, -0.25) is 9.36 Å². The summed E-state index contributed by atoms with van der Waals surface area (Å²) in [4.78, 5) is 30.9. The first-order chi connectivity index (χ1) is 12.8. The summed E-state index contributed by atoms with van der Waals surface area (Å²) >= 11 is 3.35. The van der Waals surface area contributed by atoms with Crippen molar-refractivity contribution in [2.45, 2.75) is 25.1 Å². The fourth-order valence-electron chi connectivity index (χ4n) is 3.58. The first-order valence-corrected chi connectivity index (χ1v) is 8.97. The molecule has 0 spiro atoms. The number of hydrogen-bond donors (Lipinski definition) is 0. The number of alkyl halides is 3. The summed E-state index contributed by atoms with van der Waals surface area (Å²) in [5.41, 5.74) is 1.14. The Morgan fingerprint density at radius 3 is 2.89 bits per heavy atom. The van der Waals surface area contributed by atoms with Gasteiger partial charge in [-0.25, -0.2) is 9.78 Å². The average molecular weight is 444 g/mol. The zero-order valence-electron chi connectivity index (χ0n) is 13.8. The van der Waals surface area contributed by atoms with Crippen LogP contribution in [0.1, 0.15) is 45.4 Å². The lowest BCUT2D eigenvalue weighted by Crippen LogP contribution is -2.30. The van der Waals surface area contributed by atoms with E-state index in [1.807, 2.05) is 0 Å². The minimum absolute atomic E-state index is 0.188. The Balaban J connectivity index is 1.82. The van der Waals surface area contributed by atoms with Crippen LogP contribution in [0.25, 0.3) is 5.69 Å². The van der Waals surface area contributed by atoms with E-state index in [2.05, 4.69) is 25.7 Å². The van der Waals surface area contributed by atoms with Gasteiger partial charge in [-0.15, -0.1) is 0 Å². The van der Waals surface area contributed by atoms with Crippen LogP contribution in [0.5, 0.6) is 0 Å². The molecule has 142 valence electrons. The number of nitrogens with zero attached hydrogens (tertiary/aromatic N) is 3. The predicted octanol–water partition coefficient (Wildman–Crippen LogP) is 3.64. The maximum atomic E-state index is 13.0. The average Bonchev–Trinajstić information content (AvgIpc) is 3.22. The summed E-state index contributed by atoms with van der Waals surface area (Å²) in [6, 6.07) is 4.69. The molecule has 0 saturated carbocycles. The molecule has 0 unspecified atom stereocenters. The molecule has 10 heteroatoms. The number of esters is 1. The number of fused-ring (bicyclic) bond motifs is 5. The normalized spacial score (nSPS) is 18.6. The maximum absolute atomic E-state index is 13.0. The second kappa shape index (κ2) is 6.36. The van der Waals surface area contributed by atoms with Gasteiger partial charge in [0.2, 0.25) is 0 Å². The standard InChI is InChI=1S/C17H13BrF3N3O3/c18-9-3-4-11-10(6-9)15(25)23-5-1-2-12(23)14-13(22-8-24(11)14)16(26)27-7-17(19,20)21/h3-4,6,8,12H,1-2,5,7H2/t12-/m0/s1. The Morgan fingerprint density at radius 2 is 2.15 bits per heavy atom. The number of carbonyl (C=O) groups excluding carboxylic acids is 2. The number of halogens is 4. The lowest BCUT2D eigenvalue weighted by molar-refractivity contribution is -0.161. The van der Waals surface area contributed by atoms with Crippen LogP contribution in [-0.2, 0) is 4.74 Å². The largest absolute Gasteiger partial charge is 0.451 e. The highest BCUT2D eigenvalue weighted by Crippen LogP contribution is 2.40. The van der Waals surface area contributed by atoms with Crippen molar-refractivity contribution in [1.29, 1.82) is 0 Å². The second-order valence-electron chi connectivity index (χ2n) is 6.36. The number of imidazole rings is 1. The molecule has 3 heterocycles. The minimum Gasteiger partial charge on any atom is -0.451 e. The summed E-state index contributed by atoms with van der Waals surface area (Å²) in [7, 11) is 0. The van der Waals surface area contributed by atoms with Gasteiger partial charge in [-0.1, -0.05) is 15.9 Å². The van der Waals surface area contributed by atoms with Gasteiger partial charge in [-0.05, 0) is 31.0 Å². The second-order valence-corrected chi connectivity index (χ2v) is 7.27. The van der Waals surface area contributed by atoms with E-state index in [0.29, 0.717) is 29.9 Å². The molecule has 0 N–H and O–H groups in total. The van der Waals surface area contributed by atoms with Crippen molar-refractivity contribution < 1.29 is 27.5 Å². The Labute approximate surface area is 160 Å². The topological polar surface area (TPSA) is 64.4 Å². The third-order valence-corrected chi connectivity index (χ3v) is 5.14. The fraction of sp³-hybridized carbons (Fsp3) is 0.353. The molecule has 1 fully saturated rings. The molecule has 27 heavy (non-hydrogen) atoms. The van der Waals surface area contributed by atoms with Crippen LogP contribution in [-0.4, -0.2) is 45.7 Å². The van der Waals surface area contributed by atoms with E-state index in [4.69, 9.17) is 0 Å². The van der Waals surface area contributed by atoms with E-state index in [9.17, 15) is 22.8 Å². The van der Waals surface area contributed by atoms with Gasteiger partial charge in [0.05, 0.1) is 23.0 Å². The van der Waals surface area contributed by atoms with Gasteiger partial charge in [-0.2, -0.15) is 13.2 Å². The molecule has 2 aliphatic rings. The number of carbonyl (C=O) groups is 2. The third kappa shape index (κ3) is 3.11. The highest BCUT2D eigenvalue weighted by atomic mass is 79.9. The van der Waals surface area contributed by atoms with Crippen molar-refractivity contribution in [3.8, 4) is 5.69 Å². The van der Waals surface area contributed by atoms with E-state index in [1.54, 1.807) is 27.7 Å². The predicted molar refractivity (Wildman–Crippen MR) is 90.6 cm³/mol. The summed E-state index contributed by atoms with van der Waals surface area (Å²) in [6.07, 6.45) is -1.96. The quantitative estimate of drug-likeness (QED) is 0.664. The van der Waals surface area contributed by atoms with Gasteiger partial charge in [0, 0.05) is 11.0 Å². The summed E-state index contributed by atoms with van der Waals surface area (Å²) in [5, 5.41) is 0. The van der Waals surface area contributed by atoms with Crippen LogP contribution in [0, 0.1) is 0 Å². The van der Waals surface area contributed by atoms with Crippen molar-refractivity contribution in [1.82, 2.24) is 14.5 Å². The molecule has 2 aliphatic heterocycles. The van der Waals surface area contributed by atoms with Gasteiger partial charge in [0.25, 0.3) is 5.91 Å². The van der Waals surface area contributed by atoms with E-state index < -0.39 is 24.8 Å². The molecular formula is C17H13BrF3N3O3. The van der Waals surface area contributed by atoms with E-state index >= 15 is 0 Å². The highest BCUT2D eigenvalue weighted by Gasteiger charge is 2.41. The molecule has 6 nitrogen and oxygen atoms in total. The lowest BCUT2D eigenvalue weighted by atomic mass is 10.1. The molecule has 0 radical (unpaired) electrons. The van der Waals surface area contributed by atoms with Gasteiger partial charge >= 0.3 is 12.1 Å². The molecular weight excluding hydrogens is 431 g/mol. The molecule has 1 saturated heterocycles. The Morgan fingerprint density at radius 1 is 1.37 bits per heavy atom. The molecule has 0 bridgehead atoms. The molecule has 4 rings (SSSR count). The van der Waals surface area contributed by atoms with E-state index in [1.165, 1.54) is 6.33 Å². The smallest absolute Gasteiger partial charge is 0.422 e. The summed E-state index contributed by atoms with van der Waals surface area (Å²) < 4.78 is 43.9. The van der Waals surface area contributed by atoms with Gasteiger partial charge < -0.3 is 9.64 Å². The number of ether oxygens (including phenoxy) is 1. The minimum atomic E-state index is -4.62. The van der Waals surface area contributed by atoms with Crippen LogP contribution in [0.15, 0.2) is 29.0 Å². The SMILES string of the molecule is O=C(OCC(F)(F)F)c1ncn2c1[C@@H]1CCCN1C(=O)c1cc(Br)ccc1-2. The Bertz CT molecular complexity index is 941. The van der Waals surface area contributed by atoms with Gasteiger partial charge in [0.1, 0.15) is 6.33 Å². The van der Waals surface area contributed by atoms with Crippen molar-refractivity contribution in [3.05, 3.63) is 46.0 Å². The van der Waals surface area contributed by atoms with Crippen molar-refractivity contribution in [2.24, 2.45) is 0 Å². The van der Waals surface area contributed by atoms with Crippen LogP contribution >= 0.6 is 15.9 Å². The monoisotopic (exact) mass is 443 g/mol. The van der Waals surface area contributed by atoms with Crippen molar-refractivity contribution in [3.63, 3.8) is 0 Å². The Kier molecular flexibility index (Phi) is 4.25. The zero-order chi connectivity index (χ0) is 19.3. The molecule has 1 amide bonds. The lowest BCUT2D eigenvalue weighted by Gasteiger charge is -2.22. The first kappa shape index (κ1) is 18.0. The summed E-state index contributed by atoms with van der Waals surface area (Å²) in [5.74, 6) is -1.34. The van der Waals surface area contributed by atoms with Crippen LogP contribution in [0.3, 0.4) is 0 Å². The maximum Gasteiger partial charge on any atom is 0.422 e. The zero-order valence-corrected chi connectivity index (χ0v) is 15.4. The number of aromatic nitrogens is 2. The fourth-order valence-corrected chi connectivity index (χ4v) is 3.94. The van der Waals surface area contributed by atoms with Crippen molar-refractivity contribution in [2.75, 3.05) is 13.2 Å². The van der Waals surface area contributed by atoms with Crippen LogP contribution in [0.2, 0.25) is 0 Å². The number of benzene rings is 1. The third-order valence-electron chi connectivity index (χ3n) is 4.64. The first-order valence-electron chi connectivity index (χ1n) is 8.18. The van der Waals surface area contributed by atoms with Crippen LogP contribution in [0.4, 0.5) is 13.2 Å². The van der Waals surface area contributed by atoms with E-state index in [-0.39, 0.29) is 11.6 Å². The number of amides is 1. The molecule has 1 aromatic heterocycles. The summed E-state index contributed by atoms with van der Waals surface area (Å²) in [6.45, 7) is -1.19. The van der Waals surface area contributed by atoms with Crippen molar-refractivity contribution >= 4 is 27.8 Å². The van der Waals surface area contributed by atoms with Crippen LogP contribution < -0.4 is 0 Å². The Hall–Kier alpha value is -2.36. The van der Waals surface area contributed by atoms with Gasteiger partial charge in [0.15, 0.2) is 12.3 Å². The van der Waals surface area contributed by atoms with E-state index in [0.717, 1.165) is 10.9 Å². The number of hydrogen-bond acceptors (Lipinski definition) is 4. The number of rotatable bonds is 2. The molecule has 0 aliphatic carbocycles. The molecule has 2 aromatic rings. The highest BCUT2D eigenvalue weighted by molar-refractivity contribution is 9.10. The molecule has 1 aromatic carbocycles.